The summed E-state index contributed by atoms with van der Waals surface area (Å²) in [5.41, 5.74) is 1.74. The number of hydrogen-bond donors (Lipinski definition) is 1. The molecule has 0 fully saturated rings. The van der Waals surface area contributed by atoms with Crippen LogP contribution < -0.4 is 9.47 Å². The van der Waals surface area contributed by atoms with E-state index in [4.69, 9.17) is 26.1 Å². The zero-order valence-electron chi connectivity index (χ0n) is 8.94. The molecule has 0 radical (unpaired) electrons. The molecule has 1 aromatic carbocycles. The molecule has 1 aromatic heterocycles. The average Bonchev–Trinajstić information content (AvgIpc) is 2.75. The van der Waals surface area contributed by atoms with E-state index in [2.05, 4.69) is 4.98 Å². The molecule has 16 heavy (non-hydrogen) atoms. The third-order valence-corrected chi connectivity index (χ3v) is 2.41. The van der Waals surface area contributed by atoms with Gasteiger partial charge in [0.05, 0.1) is 19.9 Å². The minimum Gasteiger partial charge on any atom is -0.493 e. The third kappa shape index (κ3) is 1.94. The summed E-state index contributed by atoms with van der Waals surface area (Å²) in [5, 5.41) is 0. The summed E-state index contributed by atoms with van der Waals surface area (Å²) in [6.45, 7) is 0. The van der Waals surface area contributed by atoms with E-state index in [1.54, 1.807) is 20.5 Å². The second kappa shape index (κ2) is 4.40. The predicted molar refractivity (Wildman–Crippen MR) is 62.4 cm³/mol. The molecule has 0 saturated heterocycles. The van der Waals surface area contributed by atoms with Gasteiger partial charge in [0.1, 0.15) is 6.26 Å². The second-order valence-corrected chi connectivity index (χ2v) is 3.50. The fourth-order valence-electron chi connectivity index (χ4n) is 1.43. The summed E-state index contributed by atoms with van der Waals surface area (Å²) in [5.74, 6) is 1.36. The number of rotatable bonds is 3. The van der Waals surface area contributed by atoms with Gasteiger partial charge < -0.3 is 18.9 Å². The zero-order chi connectivity index (χ0) is 11.5. The molecule has 0 spiro atoms. The van der Waals surface area contributed by atoms with E-state index >= 15 is 0 Å². The van der Waals surface area contributed by atoms with Crippen LogP contribution in [0.15, 0.2) is 28.9 Å². The third-order valence-electron chi connectivity index (χ3n) is 2.22. The fourth-order valence-corrected chi connectivity index (χ4v) is 1.58. The van der Waals surface area contributed by atoms with E-state index in [1.165, 1.54) is 0 Å². The number of aromatic amines is 1. The first kappa shape index (κ1) is 10.8. The molecule has 0 amide bonds. The molecule has 1 heterocycles. The van der Waals surface area contributed by atoms with Crippen LogP contribution in [0, 0.1) is 4.84 Å². The number of H-pyrrole nitrogens is 1. The molecular weight excluding hydrogens is 226 g/mol. The minimum atomic E-state index is 0.352. The van der Waals surface area contributed by atoms with E-state index in [0.29, 0.717) is 16.3 Å². The number of ether oxygens (including phenoxy) is 2. The molecule has 1 N–H and O–H groups in total. The van der Waals surface area contributed by atoms with Gasteiger partial charge in [-0.25, -0.2) is 0 Å². The van der Waals surface area contributed by atoms with Gasteiger partial charge in [-0.15, -0.1) is 0 Å². The number of hydrogen-bond acceptors (Lipinski definition) is 4. The summed E-state index contributed by atoms with van der Waals surface area (Å²) in [6.07, 6.45) is 1.57. The largest absolute Gasteiger partial charge is 0.493 e. The lowest BCUT2D eigenvalue weighted by Gasteiger charge is -2.08. The molecule has 0 unspecified atom stereocenters. The Kier molecular flexibility index (Phi) is 2.96. The Morgan fingerprint density at radius 2 is 1.94 bits per heavy atom. The van der Waals surface area contributed by atoms with Gasteiger partial charge in [0.15, 0.2) is 11.5 Å². The Morgan fingerprint density at radius 3 is 2.50 bits per heavy atom. The molecule has 0 bridgehead atoms. The Balaban J connectivity index is 2.47. The summed E-state index contributed by atoms with van der Waals surface area (Å²) < 4.78 is 15.4. The Morgan fingerprint density at radius 1 is 1.19 bits per heavy atom. The zero-order valence-corrected chi connectivity index (χ0v) is 9.76. The van der Waals surface area contributed by atoms with Crippen LogP contribution in [-0.4, -0.2) is 19.2 Å². The van der Waals surface area contributed by atoms with Gasteiger partial charge >= 0.3 is 0 Å². The Labute approximate surface area is 97.8 Å². The molecule has 2 aromatic rings. The first-order chi connectivity index (χ1) is 7.74. The van der Waals surface area contributed by atoms with Gasteiger partial charge in [-0.3, -0.25) is 0 Å². The van der Waals surface area contributed by atoms with Crippen molar-refractivity contribution in [2.75, 3.05) is 14.2 Å². The van der Waals surface area contributed by atoms with Gasteiger partial charge in [-0.05, 0) is 30.4 Å². The first-order valence-corrected chi connectivity index (χ1v) is 5.05. The van der Waals surface area contributed by atoms with Crippen LogP contribution in [0.3, 0.4) is 0 Å². The van der Waals surface area contributed by atoms with Crippen LogP contribution in [0.1, 0.15) is 0 Å². The molecule has 0 atom stereocenters. The van der Waals surface area contributed by atoms with E-state index in [9.17, 15) is 0 Å². The number of oxazole rings is 1. The van der Waals surface area contributed by atoms with Crippen molar-refractivity contribution in [3.63, 3.8) is 0 Å². The van der Waals surface area contributed by atoms with Crippen molar-refractivity contribution in [1.29, 1.82) is 0 Å². The molecule has 4 nitrogen and oxygen atoms in total. The van der Waals surface area contributed by atoms with Crippen LogP contribution >= 0.6 is 12.2 Å². The van der Waals surface area contributed by atoms with Crippen molar-refractivity contribution in [2.45, 2.75) is 0 Å². The highest BCUT2D eigenvalue weighted by atomic mass is 32.1. The quantitative estimate of drug-likeness (QED) is 0.833. The molecule has 0 aliphatic heterocycles. The van der Waals surface area contributed by atoms with Crippen LogP contribution in [-0.2, 0) is 0 Å². The van der Waals surface area contributed by atoms with E-state index in [-0.39, 0.29) is 0 Å². The van der Waals surface area contributed by atoms with Crippen LogP contribution in [0.4, 0.5) is 0 Å². The Bertz CT molecular complexity index is 544. The van der Waals surface area contributed by atoms with Crippen molar-refractivity contribution in [3.8, 4) is 22.8 Å². The Hall–Kier alpha value is -1.75. The SMILES string of the molecule is COc1ccc(-c2coc(=S)[nH]2)cc1OC. The molecule has 84 valence electrons. The van der Waals surface area contributed by atoms with Crippen molar-refractivity contribution in [3.05, 3.63) is 29.3 Å². The minimum absolute atomic E-state index is 0.352. The topological polar surface area (TPSA) is 47.4 Å². The van der Waals surface area contributed by atoms with Crippen molar-refractivity contribution in [2.24, 2.45) is 0 Å². The molecule has 0 saturated carbocycles. The summed E-state index contributed by atoms with van der Waals surface area (Å²) in [6, 6.07) is 5.59. The average molecular weight is 237 g/mol. The van der Waals surface area contributed by atoms with Gasteiger partial charge in [-0.2, -0.15) is 0 Å². The highest BCUT2D eigenvalue weighted by Gasteiger charge is 2.07. The van der Waals surface area contributed by atoms with E-state index < -0.39 is 0 Å². The van der Waals surface area contributed by atoms with Crippen molar-refractivity contribution >= 4 is 12.2 Å². The fraction of sp³-hybridized carbons (Fsp3) is 0.182. The molecular formula is C11H11NO3S. The predicted octanol–water partition coefficient (Wildman–Crippen LogP) is 3.02. The van der Waals surface area contributed by atoms with Crippen molar-refractivity contribution in [1.82, 2.24) is 4.98 Å². The summed E-state index contributed by atoms with van der Waals surface area (Å²) >= 11 is 4.86. The number of aromatic nitrogens is 1. The normalized spacial score (nSPS) is 10.1. The van der Waals surface area contributed by atoms with Gasteiger partial charge in [0.2, 0.25) is 0 Å². The highest BCUT2D eigenvalue weighted by molar-refractivity contribution is 7.71. The highest BCUT2D eigenvalue weighted by Crippen LogP contribution is 2.31. The standard InChI is InChI=1S/C11H11NO3S/c1-13-9-4-3-7(5-10(9)14-2)8-6-15-11(16)12-8/h3-6H,1-2H3,(H,12,16). The molecule has 0 aliphatic carbocycles. The smallest absolute Gasteiger partial charge is 0.266 e. The van der Waals surface area contributed by atoms with Gasteiger partial charge in [-0.1, -0.05) is 0 Å². The monoisotopic (exact) mass is 237 g/mol. The number of nitrogens with one attached hydrogen (secondary N) is 1. The lowest BCUT2D eigenvalue weighted by atomic mass is 10.1. The molecule has 5 heteroatoms. The van der Waals surface area contributed by atoms with Gasteiger partial charge in [0.25, 0.3) is 4.84 Å². The number of benzene rings is 1. The molecule has 0 aliphatic rings. The number of methoxy groups -OCH3 is 2. The second-order valence-electron chi connectivity index (χ2n) is 3.13. The van der Waals surface area contributed by atoms with Crippen molar-refractivity contribution < 1.29 is 13.9 Å². The van der Waals surface area contributed by atoms with E-state index in [0.717, 1.165) is 11.3 Å². The maximum atomic E-state index is 5.21. The van der Waals surface area contributed by atoms with Gasteiger partial charge in [0, 0.05) is 5.56 Å². The first-order valence-electron chi connectivity index (χ1n) is 4.65. The maximum absolute atomic E-state index is 5.21. The lowest BCUT2D eigenvalue weighted by molar-refractivity contribution is 0.355. The molecule has 2 rings (SSSR count). The van der Waals surface area contributed by atoms with Crippen LogP contribution in [0.2, 0.25) is 0 Å². The van der Waals surface area contributed by atoms with Crippen LogP contribution in [0.25, 0.3) is 11.3 Å². The lowest BCUT2D eigenvalue weighted by Crippen LogP contribution is -1.90. The van der Waals surface area contributed by atoms with Crippen LogP contribution in [0.5, 0.6) is 11.5 Å². The van der Waals surface area contributed by atoms with E-state index in [1.807, 2.05) is 18.2 Å². The summed E-state index contributed by atoms with van der Waals surface area (Å²) in [4.78, 5) is 3.28. The summed E-state index contributed by atoms with van der Waals surface area (Å²) in [7, 11) is 3.20. The maximum Gasteiger partial charge on any atom is 0.266 e.